The van der Waals surface area contributed by atoms with Crippen molar-refractivity contribution in [3.8, 4) is 11.5 Å². The Labute approximate surface area is 159 Å². The highest BCUT2D eigenvalue weighted by atomic mass is 16.5. The molecule has 0 bridgehead atoms. The van der Waals surface area contributed by atoms with Crippen LogP contribution in [0.4, 0.5) is 0 Å². The van der Waals surface area contributed by atoms with E-state index in [9.17, 15) is 10.2 Å². The molecule has 4 N–H and O–H groups in total. The van der Waals surface area contributed by atoms with Crippen molar-refractivity contribution in [2.45, 2.75) is 84.1 Å². The molecule has 0 saturated carbocycles. The summed E-state index contributed by atoms with van der Waals surface area (Å²) in [5, 5.41) is 19.6. The molecular weight excluding hydrogens is 326 g/mol. The van der Waals surface area contributed by atoms with E-state index in [0.29, 0.717) is 31.6 Å². The summed E-state index contributed by atoms with van der Waals surface area (Å²) in [4.78, 5) is 0. The van der Waals surface area contributed by atoms with Gasteiger partial charge in [-0.3, -0.25) is 0 Å². The molecule has 150 valence electrons. The quantitative estimate of drug-likeness (QED) is 0.414. The number of phenols is 1. The number of benzene rings is 1. The van der Waals surface area contributed by atoms with Crippen molar-refractivity contribution < 1.29 is 14.9 Å². The Balaban J connectivity index is 2.28. The van der Waals surface area contributed by atoms with Crippen LogP contribution in [0.1, 0.15) is 77.7 Å². The van der Waals surface area contributed by atoms with Crippen molar-refractivity contribution in [2.24, 2.45) is 11.7 Å². The maximum atomic E-state index is 10.2. The van der Waals surface area contributed by atoms with Gasteiger partial charge >= 0.3 is 0 Å². The number of phenolic OH excluding ortho intramolecular Hbond substituents is 1. The topological polar surface area (TPSA) is 75.7 Å². The van der Waals surface area contributed by atoms with Gasteiger partial charge in [-0.05, 0) is 43.2 Å². The van der Waals surface area contributed by atoms with Gasteiger partial charge in [-0.15, -0.1) is 0 Å². The second-order valence-electron chi connectivity index (χ2n) is 7.96. The van der Waals surface area contributed by atoms with Crippen LogP contribution in [0.25, 0.3) is 0 Å². The van der Waals surface area contributed by atoms with Crippen LogP contribution in [0, 0.1) is 5.92 Å². The molecule has 0 heterocycles. The Morgan fingerprint density at radius 3 is 2.42 bits per heavy atom. The minimum atomic E-state index is -0.573. The highest BCUT2D eigenvalue weighted by molar-refractivity contribution is 5.39. The van der Waals surface area contributed by atoms with Crippen LogP contribution >= 0.6 is 0 Å². The summed E-state index contributed by atoms with van der Waals surface area (Å²) >= 11 is 0. The maximum absolute atomic E-state index is 10.2. The lowest BCUT2D eigenvalue weighted by atomic mass is 9.90. The van der Waals surface area contributed by atoms with Crippen molar-refractivity contribution in [1.82, 2.24) is 0 Å². The molecule has 1 rings (SSSR count). The fraction of sp³-hybridized carbons (Fsp3) is 0.727. The van der Waals surface area contributed by atoms with E-state index >= 15 is 0 Å². The number of nitrogens with two attached hydrogens (primary N) is 1. The summed E-state index contributed by atoms with van der Waals surface area (Å²) in [5.41, 5.74) is 6.38. The van der Waals surface area contributed by atoms with E-state index in [1.807, 2.05) is 19.1 Å². The lowest BCUT2D eigenvalue weighted by Crippen LogP contribution is -2.43. The molecule has 1 atom stereocenters. The average Bonchev–Trinajstić information content (AvgIpc) is 2.62. The fourth-order valence-electron chi connectivity index (χ4n) is 2.97. The number of aliphatic hydroxyl groups excluding tert-OH is 1. The zero-order valence-corrected chi connectivity index (χ0v) is 17.0. The van der Waals surface area contributed by atoms with E-state index in [4.69, 9.17) is 10.5 Å². The summed E-state index contributed by atoms with van der Waals surface area (Å²) < 4.78 is 5.75. The monoisotopic (exact) mass is 365 g/mol. The number of unbranched alkanes of at least 4 members (excludes halogenated alkanes) is 4. The molecule has 0 amide bonds. The molecular formula is C22H39NO3. The molecule has 0 spiro atoms. The van der Waals surface area contributed by atoms with E-state index in [-0.39, 0.29) is 12.4 Å². The summed E-state index contributed by atoms with van der Waals surface area (Å²) in [6.45, 7) is 7.17. The molecule has 1 aromatic rings. The largest absolute Gasteiger partial charge is 0.508 e. The normalized spacial score (nSPS) is 13.8. The van der Waals surface area contributed by atoms with Gasteiger partial charge in [-0.25, -0.2) is 0 Å². The molecule has 0 aliphatic rings. The van der Waals surface area contributed by atoms with Crippen LogP contribution in [-0.4, -0.2) is 29.0 Å². The standard InChI is InChI=1S/C22H39NO3/c1-4-22(23,17-24)14-13-19-11-12-20(16-21(19)25)26-15-9-7-5-6-8-10-18(2)3/h11-12,16,18,24-25H,4-10,13-15,17,23H2,1-3H3. The van der Waals surface area contributed by atoms with Crippen LogP contribution in [-0.2, 0) is 6.42 Å². The first-order chi connectivity index (χ1) is 12.4. The average molecular weight is 366 g/mol. The summed E-state index contributed by atoms with van der Waals surface area (Å²) in [6, 6.07) is 5.48. The molecule has 4 nitrogen and oxygen atoms in total. The zero-order chi connectivity index (χ0) is 19.4. The minimum absolute atomic E-state index is 0.0388. The van der Waals surface area contributed by atoms with E-state index in [1.54, 1.807) is 6.07 Å². The zero-order valence-electron chi connectivity index (χ0n) is 17.0. The Kier molecular flexibility index (Phi) is 10.7. The van der Waals surface area contributed by atoms with Crippen LogP contribution < -0.4 is 10.5 Å². The van der Waals surface area contributed by atoms with E-state index in [2.05, 4.69) is 13.8 Å². The molecule has 0 aliphatic carbocycles. The Hall–Kier alpha value is -1.26. The number of aromatic hydroxyl groups is 1. The van der Waals surface area contributed by atoms with Gasteiger partial charge in [0.25, 0.3) is 0 Å². The highest BCUT2D eigenvalue weighted by Crippen LogP contribution is 2.26. The Morgan fingerprint density at radius 2 is 1.81 bits per heavy atom. The Bertz CT molecular complexity index is 498. The third kappa shape index (κ3) is 8.91. The van der Waals surface area contributed by atoms with Crippen molar-refractivity contribution >= 4 is 0 Å². The number of rotatable bonds is 14. The van der Waals surface area contributed by atoms with E-state index < -0.39 is 5.54 Å². The maximum Gasteiger partial charge on any atom is 0.122 e. The third-order valence-corrected chi connectivity index (χ3v) is 5.16. The van der Waals surface area contributed by atoms with Gasteiger partial charge in [0.2, 0.25) is 0 Å². The second kappa shape index (κ2) is 12.2. The first-order valence-electron chi connectivity index (χ1n) is 10.2. The van der Waals surface area contributed by atoms with E-state index in [1.165, 1.54) is 32.1 Å². The number of ether oxygens (including phenoxy) is 1. The molecule has 0 radical (unpaired) electrons. The van der Waals surface area contributed by atoms with Gasteiger partial charge in [-0.2, -0.15) is 0 Å². The minimum Gasteiger partial charge on any atom is -0.508 e. The molecule has 0 aromatic heterocycles. The SMILES string of the molecule is CCC(N)(CO)CCc1ccc(OCCCCCCCC(C)C)cc1O. The summed E-state index contributed by atoms with van der Waals surface area (Å²) in [7, 11) is 0. The smallest absolute Gasteiger partial charge is 0.122 e. The van der Waals surface area contributed by atoms with Crippen molar-refractivity contribution in [2.75, 3.05) is 13.2 Å². The predicted molar refractivity (Wildman–Crippen MR) is 109 cm³/mol. The number of hydrogen-bond donors (Lipinski definition) is 3. The van der Waals surface area contributed by atoms with E-state index in [0.717, 1.165) is 17.9 Å². The van der Waals surface area contributed by atoms with Crippen LogP contribution in [0.3, 0.4) is 0 Å². The fourth-order valence-corrected chi connectivity index (χ4v) is 2.97. The number of aryl methyl sites for hydroxylation is 1. The number of aliphatic hydroxyl groups is 1. The molecule has 26 heavy (non-hydrogen) atoms. The van der Waals surface area contributed by atoms with Crippen LogP contribution in [0.5, 0.6) is 11.5 Å². The summed E-state index contributed by atoms with van der Waals surface area (Å²) in [6.07, 6.45) is 9.47. The summed E-state index contributed by atoms with van der Waals surface area (Å²) in [5.74, 6) is 1.76. The lowest BCUT2D eigenvalue weighted by Gasteiger charge is -2.25. The predicted octanol–water partition coefficient (Wildman–Crippen LogP) is 4.80. The molecule has 0 aliphatic heterocycles. The molecule has 0 saturated heterocycles. The van der Waals surface area contributed by atoms with Gasteiger partial charge in [0.1, 0.15) is 11.5 Å². The van der Waals surface area contributed by atoms with Gasteiger partial charge in [0.15, 0.2) is 0 Å². The van der Waals surface area contributed by atoms with Crippen molar-refractivity contribution in [3.63, 3.8) is 0 Å². The van der Waals surface area contributed by atoms with Gasteiger partial charge in [-0.1, -0.05) is 58.9 Å². The third-order valence-electron chi connectivity index (χ3n) is 5.16. The van der Waals surface area contributed by atoms with Crippen LogP contribution in [0.2, 0.25) is 0 Å². The van der Waals surface area contributed by atoms with Crippen molar-refractivity contribution in [1.29, 1.82) is 0 Å². The number of hydrogen-bond acceptors (Lipinski definition) is 4. The first-order valence-corrected chi connectivity index (χ1v) is 10.2. The lowest BCUT2D eigenvalue weighted by molar-refractivity contribution is 0.182. The van der Waals surface area contributed by atoms with Crippen molar-refractivity contribution in [3.05, 3.63) is 23.8 Å². The second-order valence-corrected chi connectivity index (χ2v) is 7.96. The molecule has 1 unspecified atom stereocenters. The van der Waals surface area contributed by atoms with Gasteiger partial charge < -0.3 is 20.7 Å². The molecule has 1 aromatic carbocycles. The first kappa shape index (κ1) is 22.8. The highest BCUT2D eigenvalue weighted by Gasteiger charge is 2.21. The van der Waals surface area contributed by atoms with Gasteiger partial charge in [0, 0.05) is 11.6 Å². The van der Waals surface area contributed by atoms with Crippen LogP contribution in [0.15, 0.2) is 18.2 Å². The molecule has 4 heteroatoms. The van der Waals surface area contributed by atoms with Gasteiger partial charge in [0.05, 0.1) is 13.2 Å². The molecule has 0 fully saturated rings. The Morgan fingerprint density at radius 1 is 1.12 bits per heavy atom.